The Morgan fingerprint density at radius 2 is 1.83 bits per heavy atom. The molecule has 0 spiro atoms. The Labute approximate surface area is 139 Å². The molecular weight excluding hydrogens is 324 g/mol. The fraction of sp³-hybridized carbons (Fsp3) is 0.562. The third-order valence-electron chi connectivity index (χ3n) is 2.71. The van der Waals surface area contributed by atoms with Gasteiger partial charge in [-0.15, -0.1) is 0 Å². The van der Waals surface area contributed by atoms with E-state index in [1.807, 2.05) is 6.07 Å². The monoisotopic (exact) mass is 347 g/mol. The van der Waals surface area contributed by atoms with Crippen LogP contribution in [0.2, 0.25) is 0 Å². The zero-order valence-corrected chi connectivity index (χ0v) is 13.9. The van der Waals surface area contributed by atoms with Crippen LogP contribution in [0.1, 0.15) is 26.3 Å². The van der Waals surface area contributed by atoms with E-state index in [1.54, 1.807) is 45.0 Å². The topological polar surface area (TPSA) is 77.0 Å². The molecule has 0 aliphatic carbocycles. The average Bonchev–Trinajstić information content (AvgIpc) is 2.48. The number of halogens is 2. The third-order valence-corrected chi connectivity index (χ3v) is 2.71. The van der Waals surface area contributed by atoms with Crippen LogP contribution in [0.25, 0.3) is 0 Å². The van der Waals surface area contributed by atoms with Crippen molar-refractivity contribution >= 4 is 6.09 Å². The Kier molecular flexibility index (Phi) is 8.03. The molecule has 0 fully saturated rings. The van der Waals surface area contributed by atoms with Gasteiger partial charge >= 0.3 is 12.7 Å². The molecular formula is C16H23F2NO5. The molecule has 0 aromatic heterocycles. The molecule has 1 rings (SSSR count). The zero-order valence-electron chi connectivity index (χ0n) is 13.9. The first-order valence-corrected chi connectivity index (χ1v) is 7.40. The average molecular weight is 347 g/mol. The van der Waals surface area contributed by atoms with Crippen molar-refractivity contribution in [3.63, 3.8) is 0 Å². The molecule has 1 aromatic carbocycles. The van der Waals surface area contributed by atoms with E-state index in [2.05, 4.69) is 10.1 Å². The molecule has 0 aliphatic rings. The Morgan fingerprint density at radius 3 is 2.38 bits per heavy atom. The quantitative estimate of drug-likeness (QED) is 0.707. The number of alkyl carbamates (subject to hydrolysis) is 1. The Bertz CT molecular complexity index is 493. The second kappa shape index (κ2) is 9.51. The number of hydrogen-bond acceptors (Lipinski definition) is 5. The maximum absolute atomic E-state index is 12.2. The summed E-state index contributed by atoms with van der Waals surface area (Å²) in [6.07, 6.45) is -2.41. The minimum Gasteiger partial charge on any atom is -0.444 e. The lowest BCUT2D eigenvalue weighted by Gasteiger charge is -2.26. The van der Waals surface area contributed by atoms with Gasteiger partial charge in [0.05, 0.1) is 13.2 Å². The molecule has 2 atom stereocenters. The van der Waals surface area contributed by atoms with Gasteiger partial charge in [-0.25, -0.2) is 4.79 Å². The number of carbonyl (C=O) groups excluding carboxylic acids is 1. The molecule has 0 aliphatic heterocycles. The summed E-state index contributed by atoms with van der Waals surface area (Å²) < 4.78 is 38.9. The molecule has 0 bridgehead atoms. The number of nitrogens with one attached hydrogen (secondary N) is 1. The van der Waals surface area contributed by atoms with Crippen molar-refractivity contribution in [1.29, 1.82) is 0 Å². The third kappa shape index (κ3) is 8.76. The van der Waals surface area contributed by atoms with E-state index in [1.165, 1.54) is 0 Å². The van der Waals surface area contributed by atoms with E-state index in [-0.39, 0.29) is 6.61 Å². The molecule has 0 saturated heterocycles. The van der Waals surface area contributed by atoms with Crippen molar-refractivity contribution < 1.29 is 32.9 Å². The SMILES string of the molecule is CC(C)(C)OC(=O)N[C@@H](COC(F)F)C(O)OCc1ccccc1. The first-order chi connectivity index (χ1) is 11.2. The van der Waals surface area contributed by atoms with E-state index in [4.69, 9.17) is 9.47 Å². The van der Waals surface area contributed by atoms with Crippen molar-refractivity contribution in [2.45, 2.75) is 51.9 Å². The number of aliphatic hydroxyl groups excluding tert-OH is 1. The Hall–Kier alpha value is -1.77. The minimum atomic E-state index is -3.03. The molecule has 0 heterocycles. The Balaban J connectivity index is 2.60. The summed E-state index contributed by atoms with van der Waals surface area (Å²) in [6, 6.07) is 7.75. The number of aliphatic hydroxyl groups is 1. The largest absolute Gasteiger partial charge is 0.444 e. The lowest BCUT2D eigenvalue weighted by molar-refractivity contribution is -0.174. The van der Waals surface area contributed by atoms with Crippen LogP contribution >= 0.6 is 0 Å². The van der Waals surface area contributed by atoms with Crippen LogP contribution in [0.4, 0.5) is 13.6 Å². The van der Waals surface area contributed by atoms with E-state index >= 15 is 0 Å². The van der Waals surface area contributed by atoms with Crippen LogP contribution in [0.15, 0.2) is 30.3 Å². The molecule has 1 amide bonds. The fourth-order valence-corrected chi connectivity index (χ4v) is 1.70. The van der Waals surface area contributed by atoms with Gasteiger partial charge in [0.1, 0.15) is 11.6 Å². The lowest BCUT2D eigenvalue weighted by Crippen LogP contribution is -2.49. The van der Waals surface area contributed by atoms with Gasteiger partial charge in [-0.05, 0) is 26.3 Å². The number of benzene rings is 1. The van der Waals surface area contributed by atoms with Crippen LogP contribution < -0.4 is 5.32 Å². The highest BCUT2D eigenvalue weighted by atomic mass is 19.3. The molecule has 2 N–H and O–H groups in total. The summed E-state index contributed by atoms with van der Waals surface area (Å²) in [5, 5.41) is 12.3. The summed E-state index contributed by atoms with van der Waals surface area (Å²) in [5.74, 6) is 0. The predicted octanol–water partition coefficient (Wildman–Crippen LogP) is 2.65. The van der Waals surface area contributed by atoms with Crippen LogP contribution in [-0.4, -0.2) is 42.4 Å². The Morgan fingerprint density at radius 1 is 1.21 bits per heavy atom. The number of rotatable bonds is 8. The first kappa shape index (κ1) is 20.3. The number of alkyl halides is 2. The summed E-state index contributed by atoms with van der Waals surface area (Å²) in [7, 11) is 0. The van der Waals surface area contributed by atoms with Crippen LogP contribution in [0.3, 0.4) is 0 Å². The first-order valence-electron chi connectivity index (χ1n) is 7.40. The fourth-order valence-electron chi connectivity index (χ4n) is 1.70. The van der Waals surface area contributed by atoms with Crippen molar-refractivity contribution in [1.82, 2.24) is 5.32 Å². The summed E-state index contributed by atoms with van der Waals surface area (Å²) in [5.41, 5.74) is 0.0102. The van der Waals surface area contributed by atoms with E-state index < -0.39 is 37.2 Å². The molecule has 24 heavy (non-hydrogen) atoms. The number of ether oxygens (including phenoxy) is 3. The predicted molar refractivity (Wildman–Crippen MR) is 82.4 cm³/mol. The van der Waals surface area contributed by atoms with Crippen molar-refractivity contribution in [3.05, 3.63) is 35.9 Å². The van der Waals surface area contributed by atoms with Gasteiger partial charge in [0.2, 0.25) is 0 Å². The highest BCUT2D eigenvalue weighted by molar-refractivity contribution is 5.68. The van der Waals surface area contributed by atoms with Crippen LogP contribution in [0.5, 0.6) is 0 Å². The molecule has 0 saturated carbocycles. The van der Waals surface area contributed by atoms with Gasteiger partial charge in [-0.3, -0.25) is 0 Å². The number of hydrogen-bond donors (Lipinski definition) is 2. The zero-order chi connectivity index (χ0) is 18.2. The van der Waals surface area contributed by atoms with Crippen LogP contribution in [-0.2, 0) is 20.8 Å². The summed E-state index contributed by atoms with van der Waals surface area (Å²) in [4.78, 5) is 11.7. The lowest BCUT2D eigenvalue weighted by atomic mass is 10.2. The minimum absolute atomic E-state index is 0.0448. The van der Waals surface area contributed by atoms with Crippen molar-refractivity contribution in [3.8, 4) is 0 Å². The standard InChI is InChI=1S/C16H23F2NO5/c1-16(2,3)24-15(21)19-12(10-23-14(17)18)13(20)22-9-11-7-5-4-6-8-11/h4-8,12-14,20H,9-10H2,1-3H3,(H,19,21)/t12-,13?/m0/s1. The molecule has 0 radical (unpaired) electrons. The van der Waals surface area contributed by atoms with Gasteiger partial charge < -0.3 is 24.6 Å². The molecule has 1 aromatic rings. The van der Waals surface area contributed by atoms with Gasteiger partial charge in [-0.2, -0.15) is 8.78 Å². The van der Waals surface area contributed by atoms with Gasteiger partial charge in [0, 0.05) is 0 Å². The normalized spacial score (nSPS) is 14.3. The van der Waals surface area contributed by atoms with Crippen molar-refractivity contribution in [2.75, 3.05) is 6.61 Å². The maximum Gasteiger partial charge on any atom is 0.408 e. The second-order valence-electron chi connectivity index (χ2n) is 6.03. The molecule has 8 heteroatoms. The highest BCUT2D eigenvalue weighted by Gasteiger charge is 2.26. The van der Waals surface area contributed by atoms with Crippen molar-refractivity contribution in [2.24, 2.45) is 0 Å². The molecule has 1 unspecified atom stereocenters. The summed E-state index contributed by atoms with van der Waals surface area (Å²) >= 11 is 0. The summed E-state index contributed by atoms with van der Waals surface area (Å²) in [6.45, 7) is 1.34. The smallest absolute Gasteiger partial charge is 0.408 e. The molecule has 136 valence electrons. The molecule has 6 nitrogen and oxygen atoms in total. The van der Waals surface area contributed by atoms with Crippen LogP contribution in [0, 0.1) is 0 Å². The van der Waals surface area contributed by atoms with E-state index in [0.717, 1.165) is 5.56 Å². The van der Waals surface area contributed by atoms with E-state index in [9.17, 15) is 18.7 Å². The maximum atomic E-state index is 12.2. The second-order valence-corrected chi connectivity index (χ2v) is 6.03. The number of carbonyl (C=O) groups is 1. The van der Waals surface area contributed by atoms with E-state index in [0.29, 0.717) is 0 Å². The van der Waals surface area contributed by atoms with Gasteiger partial charge in [0.15, 0.2) is 6.29 Å². The van der Waals surface area contributed by atoms with Gasteiger partial charge in [0.25, 0.3) is 0 Å². The highest BCUT2D eigenvalue weighted by Crippen LogP contribution is 2.10. The number of amides is 1. The van der Waals surface area contributed by atoms with Gasteiger partial charge in [-0.1, -0.05) is 30.3 Å².